The third-order valence-electron chi connectivity index (χ3n) is 5.13. The third-order valence-corrected chi connectivity index (χ3v) is 5.13. The van der Waals surface area contributed by atoms with Crippen LogP contribution in [0.2, 0.25) is 0 Å². The molecule has 0 atom stereocenters. The maximum atomic E-state index is 12.6. The van der Waals surface area contributed by atoms with E-state index < -0.39 is 31.2 Å². The number of hydrogen-bond donors (Lipinski definition) is 0. The Balaban J connectivity index is 2.20. The summed E-state index contributed by atoms with van der Waals surface area (Å²) in [6, 6.07) is 7.96. The topological polar surface area (TPSA) is 71.1 Å². The average molecular weight is 433 g/mol. The zero-order valence-electron chi connectivity index (χ0n) is 24.0. The van der Waals surface area contributed by atoms with Crippen molar-refractivity contribution in [3.05, 3.63) is 41.5 Å². The lowest BCUT2D eigenvalue weighted by molar-refractivity contribution is -0.159. The van der Waals surface area contributed by atoms with Crippen molar-refractivity contribution in [2.24, 2.45) is 5.41 Å². The van der Waals surface area contributed by atoms with Crippen molar-refractivity contribution < 1.29 is 36.8 Å². The van der Waals surface area contributed by atoms with E-state index in [1.165, 1.54) is 12.1 Å². The number of carbonyl (C=O) groups is 2. The molecule has 1 aliphatic rings. The van der Waals surface area contributed by atoms with Crippen LogP contribution in [0.1, 0.15) is 58.3 Å². The Hall–Kier alpha value is -3.02. The molecule has 1 aliphatic carbocycles. The number of carbonyl (C=O) groups excluding carboxylic acids is 2. The van der Waals surface area contributed by atoms with Crippen LogP contribution in [0.15, 0.2) is 30.3 Å². The summed E-state index contributed by atoms with van der Waals surface area (Å²) in [5.74, 6) is -1.51. The Morgan fingerprint density at radius 3 is 2.48 bits per heavy atom. The van der Waals surface area contributed by atoms with Crippen LogP contribution >= 0.6 is 0 Å². The summed E-state index contributed by atoms with van der Waals surface area (Å²) in [5.41, 5.74) is 1.09. The van der Waals surface area contributed by atoms with Crippen LogP contribution in [-0.4, -0.2) is 38.5 Å². The standard InChI is InChI=1S/C25H30O6/c1-15(2)31-24(27)25(3,4)14-30-22-19(11-13-21(28-5)23(22)29-6)16-8-7-9-18-17(16)10-12-20(18)26/h7-9,11,13,15H,10,12,14H2,1-6H3/i5D3,6D3. The molecule has 0 spiro atoms. The van der Waals surface area contributed by atoms with Gasteiger partial charge >= 0.3 is 5.97 Å². The largest absolute Gasteiger partial charge is 0.493 e. The Morgan fingerprint density at radius 1 is 1.03 bits per heavy atom. The van der Waals surface area contributed by atoms with E-state index in [2.05, 4.69) is 0 Å². The van der Waals surface area contributed by atoms with E-state index in [1.54, 1.807) is 45.9 Å². The van der Waals surface area contributed by atoms with Crippen molar-refractivity contribution in [3.8, 4) is 28.4 Å². The predicted molar refractivity (Wildman–Crippen MR) is 118 cm³/mol. The molecule has 0 aromatic heterocycles. The van der Waals surface area contributed by atoms with Gasteiger partial charge in [-0.25, -0.2) is 0 Å². The molecule has 0 bridgehead atoms. The molecule has 2 aromatic carbocycles. The predicted octanol–water partition coefficient (Wildman–Crippen LogP) is 4.86. The molecule has 0 saturated carbocycles. The van der Waals surface area contributed by atoms with Gasteiger partial charge < -0.3 is 18.9 Å². The Morgan fingerprint density at radius 2 is 1.77 bits per heavy atom. The second-order valence-electron chi connectivity index (χ2n) is 8.36. The van der Waals surface area contributed by atoms with Crippen LogP contribution in [0, 0.1) is 5.41 Å². The SMILES string of the molecule is [2H]C([2H])([2H])Oc1ccc(-c2cccc3c2CCC3=O)c(OCC(C)(C)C(=O)OC(C)C)c1OC([2H])([2H])[2H]. The summed E-state index contributed by atoms with van der Waals surface area (Å²) in [4.78, 5) is 25.0. The van der Waals surface area contributed by atoms with Crippen molar-refractivity contribution in [2.45, 2.75) is 46.6 Å². The van der Waals surface area contributed by atoms with E-state index in [0.717, 1.165) is 5.56 Å². The molecule has 0 amide bonds. The van der Waals surface area contributed by atoms with E-state index in [4.69, 9.17) is 27.2 Å². The number of ketones is 1. The maximum Gasteiger partial charge on any atom is 0.315 e. The molecule has 166 valence electrons. The molecule has 0 N–H and O–H groups in total. The lowest BCUT2D eigenvalue weighted by atomic mass is 9.94. The molecule has 3 rings (SSSR count). The molecular formula is C25H30O6. The summed E-state index contributed by atoms with van der Waals surface area (Å²) in [6.07, 6.45) is 0.436. The molecular weight excluding hydrogens is 396 g/mol. The molecule has 0 unspecified atom stereocenters. The molecule has 6 nitrogen and oxygen atoms in total. The van der Waals surface area contributed by atoms with E-state index in [1.807, 2.05) is 0 Å². The van der Waals surface area contributed by atoms with Crippen molar-refractivity contribution in [1.82, 2.24) is 0 Å². The summed E-state index contributed by atoms with van der Waals surface area (Å²) >= 11 is 0. The van der Waals surface area contributed by atoms with Crippen molar-refractivity contribution in [1.29, 1.82) is 0 Å². The van der Waals surface area contributed by atoms with Crippen molar-refractivity contribution in [2.75, 3.05) is 20.7 Å². The molecule has 0 aliphatic heterocycles. The van der Waals surface area contributed by atoms with Crippen LogP contribution in [0.25, 0.3) is 11.1 Å². The quantitative estimate of drug-likeness (QED) is 0.555. The fourth-order valence-corrected chi connectivity index (χ4v) is 3.51. The summed E-state index contributed by atoms with van der Waals surface area (Å²) in [5, 5.41) is 0. The summed E-state index contributed by atoms with van der Waals surface area (Å²) in [6.45, 7) is 6.37. The van der Waals surface area contributed by atoms with Gasteiger partial charge in [0.2, 0.25) is 5.75 Å². The normalized spacial score (nSPS) is 16.9. The van der Waals surface area contributed by atoms with Crippen molar-refractivity contribution in [3.63, 3.8) is 0 Å². The first-order chi connectivity index (χ1) is 17.0. The maximum absolute atomic E-state index is 12.6. The highest BCUT2D eigenvalue weighted by atomic mass is 16.6. The van der Waals surface area contributed by atoms with Gasteiger partial charge in [0.15, 0.2) is 17.3 Å². The van der Waals surface area contributed by atoms with Crippen molar-refractivity contribution >= 4 is 11.8 Å². The second-order valence-corrected chi connectivity index (χ2v) is 8.36. The van der Waals surface area contributed by atoms with Gasteiger partial charge in [-0.15, -0.1) is 0 Å². The van der Waals surface area contributed by atoms with Crippen LogP contribution in [-0.2, 0) is 16.0 Å². The Bertz CT molecular complexity index is 1180. The lowest BCUT2D eigenvalue weighted by Crippen LogP contribution is -2.34. The Labute approximate surface area is 191 Å². The second kappa shape index (κ2) is 9.00. The highest BCUT2D eigenvalue weighted by Crippen LogP contribution is 2.47. The highest BCUT2D eigenvalue weighted by molar-refractivity contribution is 6.02. The van der Waals surface area contributed by atoms with Gasteiger partial charge in [-0.2, -0.15) is 0 Å². The van der Waals surface area contributed by atoms with Crippen LogP contribution in [0.4, 0.5) is 0 Å². The molecule has 0 radical (unpaired) electrons. The number of Topliss-reactive ketones (excluding diaryl/α,β-unsaturated/α-hetero) is 1. The summed E-state index contributed by atoms with van der Waals surface area (Å²) < 4.78 is 67.1. The van der Waals surface area contributed by atoms with E-state index in [9.17, 15) is 9.59 Å². The number of ether oxygens (including phenoxy) is 4. The lowest BCUT2D eigenvalue weighted by Gasteiger charge is -2.26. The fraction of sp³-hybridized carbons (Fsp3) is 0.440. The first kappa shape index (κ1) is 15.7. The van der Waals surface area contributed by atoms with E-state index in [-0.39, 0.29) is 30.0 Å². The monoisotopic (exact) mass is 432 g/mol. The van der Waals surface area contributed by atoms with Gasteiger partial charge in [0.25, 0.3) is 0 Å². The van der Waals surface area contributed by atoms with Crippen LogP contribution < -0.4 is 14.2 Å². The van der Waals surface area contributed by atoms with Gasteiger partial charge in [-0.3, -0.25) is 9.59 Å². The van der Waals surface area contributed by atoms with Crippen LogP contribution in [0.3, 0.4) is 0 Å². The molecule has 0 saturated heterocycles. The minimum Gasteiger partial charge on any atom is -0.493 e. The number of fused-ring (bicyclic) bond motifs is 1. The van der Waals surface area contributed by atoms with Crippen LogP contribution in [0.5, 0.6) is 17.2 Å². The molecule has 0 heterocycles. The summed E-state index contributed by atoms with van der Waals surface area (Å²) in [7, 11) is -5.89. The molecule has 6 heteroatoms. The average Bonchev–Trinajstić information content (AvgIpc) is 3.12. The van der Waals surface area contributed by atoms with Gasteiger partial charge in [0.05, 0.1) is 33.8 Å². The molecule has 2 aromatic rings. The zero-order valence-corrected chi connectivity index (χ0v) is 18.0. The number of esters is 1. The number of benzene rings is 2. The highest BCUT2D eigenvalue weighted by Gasteiger charge is 2.33. The first-order valence-corrected chi connectivity index (χ1v) is 10.0. The molecule has 31 heavy (non-hydrogen) atoms. The van der Waals surface area contributed by atoms with Gasteiger partial charge in [-0.1, -0.05) is 18.2 Å². The Kier molecular flexibility index (Phi) is 4.57. The molecule has 0 fully saturated rings. The third kappa shape index (κ3) is 4.53. The van der Waals surface area contributed by atoms with E-state index >= 15 is 0 Å². The zero-order chi connectivity index (χ0) is 27.8. The number of methoxy groups -OCH3 is 2. The minimum atomic E-state index is -2.98. The number of hydrogen-bond acceptors (Lipinski definition) is 6. The van der Waals surface area contributed by atoms with Gasteiger partial charge in [-0.05, 0) is 57.4 Å². The van der Waals surface area contributed by atoms with E-state index in [0.29, 0.717) is 29.5 Å². The number of rotatable bonds is 8. The van der Waals surface area contributed by atoms with Gasteiger partial charge in [0.1, 0.15) is 6.61 Å². The minimum absolute atomic E-state index is 0.0156. The van der Waals surface area contributed by atoms with Gasteiger partial charge in [0, 0.05) is 17.5 Å². The smallest absolute Gasteiger partial charge is 0.315 e. The first-order valence-electron chi connectivity index (χ1n) is 13.0. The fourth-order valence-electron chi connectivity index (χ4n) is 3.51.